The highest BCUT2D eigenvalue weighted by molar-refractivity contribution is 5.80. The molecule has 2 N–H and O–H groups in total. The number of aliphatic hydroxyl groups is 2. The lowest BCUT2D eigenvalue weighted by atomic mass is 9.78. The van der Waals surface area contributed by atoms with Gasteiger partial charge in [-0.3, -0.25) is 4.79 Å². The van der Waals surface area contributed by atoms with Crippen LogP contribution < -0.4 is 0 Å². The fourth-order valence-electron chi connectivity index (χ4n) is 1.90. The van der Waals surface area contributed by atoms with Gasteiger partial charge >= 0.3 is 0 Å². The molecule has 0 spiro atoms. The van der Waals surface area contributed by atoms with E-state index in [-0.39, 0.29) is 0 Å². The predicted molar refractivity (Wildman–Crippen MR) is 46.8 cm³/mol. The predicted octanol–water partition coefficient (Wildman–Crippen LogP) is -0.382. The Hall–Kier alpha value is -0.590. The molecule has 0 aliphatic heterocycles. The van der Waals surface area contributed by atoms with Gasteiger partial charge in [0, 0.05) is 7.11 Å². The van der Waals surface area contributed by atoms with Crippen LogP contribution in [0, 0.1) is 5.92 Å². The number of carbonyl (C=O) groups excluding carboxylic acids is 1. The minimum absolute atomic E-state index is 0.644. The molecule has 1 rings (SSSR count). The zero-order chi connectivity index (χ0) is 11.7. The molecule has 0 radical (unpaired) electrons. The van der Waals surface area contributed by atoms with Crippen LogP contribution in [0.15, 0.2) is 0 Å². The van der Waals surface area contributed by atoms with Crippen LogP contribution in [0.5, 0.6) is 0 Å². The minimum Gasteiger partial charge on any atom is -0.389 e. The van der Waals surface area contributed by atoms with Crippen molar-refractivity contribution in [1.29, 1.82) is 0 Å². The van der Waals surface area contributed by atoms with Crippen LogP contribution in [0.2, 0.25) is 0 Å². The van der Waals surface area contributed by atoms with Crippen molar-refractivity contribution in [1.82, 2.24) is 0 Å². The molecular weight excluding hydrogens is 210 g/mol. The zero-order valence-corrected chi connectivity index (χ0v) is 8.43. The highest BCUT2D eigenvalue weighted by Gasteiger charge is 2.52. The van der Waals surface area contributed by atoms with Gasteiger partial charge in [0.2, 0.25) is 0 Å². The summed E-state index contributed by atoms with van der Waals surface area (Å²) >= 11 is 0. The second-order valence-electron chi connectivity index (χ2n) is 3.71. The number of methoxy groups -OCH3 is 1. The summed E-state index contributed by atoms with van der Waals surface area (Å²) in [6, 6.07) is 0. The van der Waals surface area contributed by atoms with Crippen molar-refractivity contribution < 1.29 is 28.5 Å². The fraction of sp³-hybridized carbons (Fsp3) is 0.889. The first-order valence-corrected chi connectivity index (χ1v) is 4.59. The number of ether oxygens (including phenoxy) is 1. The third-order valence-electron chi connectivity index (χ3n) is 2.76. The van der Waals surface area contributed by atoms with Crippen LogP contribution in [0.25, 0.3) is 0 Å². The molecule has 1 aliphatic rings. The van der Waals surface area contributed by atoms with E-state index in [0.717, 1.165) is 14.0 Å². The fourth-order valence-corrected chi connectivity index (χ4v) is 1.90. The quantitative estimate of drug-likeness (QED) is 0.671. The highest BCUT2D eigenvalue weighted by Crippen LogP contribution is 2.32. The first kappa shape index (κ1) is 12.5. The van der Waals surface area contributed by atoms with Crippen LogP contribution >= 0.6 is 0 Å². The molecule has 1 fully saturated rings. The molecule has 1 aliphatic carbocycles. The normalized spacial score (nSPS) is 46.5. The van der Waals surface area contributed by atoms with Gasteiger partial charge in [-0.25, -0.2) is 8.78 Å². The van der Waals surface area contributed by atoms with Crippen molar-refractivity contribution in [2.45, 2.75) is 37.6 Å². The summed E-state index contributed by atoms with van der Waals surface area (Å²) in [5.74, 6) is -2.07. The lowest BCUT2D eigenvalue weighted by Crippen LogP contribution is -2.60. The number of hydrogen-bond acceptors (Lipinski definition) is 4. The van der Waals surface area contributed by atoms with E-state index in [9.17, 15) is 23.8 Å². The molecule has 0 aromatic carbocycles. The minimum atomic E-state index is -2.01. The molecule has 0 saturated heterocycles. The molecule has 0 bridgehead atoms. The number of alkyl halides is 2. The standard InChI is InChI=1S/C9H14F2O4/c1-3(12)4-7(13)5(10)9(15-2)6(11)8(4)14/h4-9,13-14H,1-2H3. The van der Waals surface area contributed by atoms with Gasteiger partial charge in [0.05, 0.1) is 5.92 Å². The van der Waals surface area contributed by atoms with E-state index in [2.05, 4.69) is 4.74 Å². The summed E-state index contributed by atoms with van der Waals surface area (Å²) < 4.78 is 31.3. The number of aliphatic hydroxyl groups excluding tert-OH is 2. The van der Waals surface area contributed by atoms with Crippen LogP contribution in [-0.4, -0.2) is 53.8 Å². The number of hydrogen-bond donors (Lipinski definition) is 2. The Morgan fingerprint density at radius 2 is 1.60 bits per heavy atom. The second kappa shape index (κ2) is 4.51. The second-order valence-corrected chi connectivity index (χ2v) is 3.71. The number of halogens is 2. The zero-order valence-electron chi connectivity index (χ0n) is 8.43. The van der Waals surface area contributed by atoms with Crippen LogP contribution in [-0.2, 0) is 9.53 Å². The lowest BCUT2D eigenvalue weighted by molar-refractivity contribution is -0.177. The molecule has 4 nitrogen and oxygen atoms in total. The summed E-state index contributed by atoms with van der Waals surface area (Å²) in [5, 5.41) is 18.8. The average Bonchev–Trinajstić information content (AvgIpc) is 2.16. The summed E-state index contributed by atoms with van der Waals surface area (Å²) in [4.78, 5) is 11.0. The number of ketones is 1. The molecule has 0 aromatic rings. The van der Waals surface area contributed by atoms with E-state index in [4.69, 9.17) is 0 Å². The van der Waals surface area contributed by atoms with Gasteiger partial charge in [-0.15, -0.1) is 0 Å². The van der Waals surface area contributed by atoms with Crippen molar-refractivity contribution in [3.8, 4) is 0 Å². The number of Topliss-reactive ketones (excluding diaryl/α,β-unsaturated/α-hetero) is 1. The van der Waals surface area contributed by atoms with Gasteiger partial charge < -0.3 is 14.9 Å². The summed E-state index contributed by atoms with van der Waals surface area (Å²) in [6.45, 7) is 1.07. The molecule has 0 heterocycles. The lowest BCUT2D eigenvalue weighted by Gasteiger charge is -2.39. The van der Waals surface area contributed by atoms with E-state index in [0.29, 0.717) is 0 Å². The van der Waals surface area contributed by atoms with Crippen LogP contribution in [0.3, 0.4) is 0 Å². The van der Waals surface area contributed by atoms with E-state index in [1.54, 1.807) is 0 Å². The molecule has 15 heavy (non-hydrogen) atoms. The van der Waals surface area contributed by atoms with Crippen molar-refractivity contribution in [3.05, 3.63) is 0 Å². The third-order valence-corrected chi connectivity index (χ3v) is 2.76. The Balaban J connectivity index is 2.93. The SMILES string of the molecule is COC1C(F)C(O)C(C(C)=O)C(O)C1F. The molecule has 6 heteroatoms. The van der Waals surface area contributed by atoms with Gasteiger partial charge in [0.1, 0.15) is 24.1 Å². The Morgan fingerprint density at radius 3 is 1.87 bits per heavy atom. The first-order chi connectivity index (χ1) is 6.91. The smallest absolute Gasteiger partial charge is 0.156 e. The maximum Gasteiger partial charge on any atom is 0.156 e. The van der Waals surface area contributed by atoms with Gasteiger partial charge in [0.25, 0.3) is 0 Å². The van der Waals surface area contributed by atoms with Crippen molar-refractivity contribution in [3.63, 3.8) is 0 Å². The van der Waals surface area contributed by atoms with E-state index in [1.165, 1.54) is 0 Å². The summed E-state index contributed by atoms with van der Waals surface area (Å²) in [5.41, 5.74) is 0. The first-order valence-electron chi connectivity index (χ1n) is 4.59. The van der Waals surface area contributed by atoms with Gasteiger partial charge in [-0.2, -0.15) is 0 Å². The molecule has 4 unspecified atom stereocenters. The Bertz CT molecular complexity index is 232. The maximum absolute atomic E-state index is 13.4. The van der Waals surface area contributed by atoms with Crippen molar-refractivity contribution in [2.75, 3.05) is 7.11 Å². The Morgan fingerprint density at radius 1 is 1.20 bits per heavy atom. The maximum atomic E-state index is 13.4. The summed E-state index contributed by atoms with van der Waals surface area (Å²) in [6.07, 6.45) is -9.01. The van der Waals surface area contributed by atoms with Crippen LogP contribution in [0.4, 0.5) is 8.78 Å². The third kappa shape index (κ3) is 2.02. The summed E-state index contributed by atoms with van der Waals surface area (Å²) in [7, 11) is 1.08. The van der Waals surface area contributed by atoms with E-state index < -0.39 is 42.4 Å². The molecule has 1 saturated carbocycles. The highest BCUT2D eigenvalue weighted by atomic mass is 19.1. The topological polar surface area (TPSA) is 66.8 Å². The van der Waals surface area contributed by atoms with Crippen LogP contribution in [0.1, 0.15) is 6.92 Å². The van der Waals surface area contributed by atoms with Gasteiger partial charge in [-0.05, 0) is 6.92 Å². The molecule has 4 atom stereocenters. The average molecular weight is 224 g/mol. The molecule has 88 valence electrons. The van der Waals surface area contributed by atoms with E-state index >= 15 is 0 Å². The van der Waals surface area contributed by atoms with Crippen molar-refractivity contribution >= 4 is 5.78 Å². The van der Waals surface area contributed by atoms with E-state index in [1.807, 2.05) is 0 Å². The number of rotatable bonds is 2. The van der Waals surface area contributed by atoms with Gasteiger partial charge in [-0.1, -0.05) is 0 Å². The molecule has 0 amide bonds. The Kier molecular flexibility index (Phi) is 3.75. The monoisotopic (exact) mass is 224 g/mol. The number of carbonyl (C=O) groups is 1. The Labute approximate surface area is 85.8 Å². The largest absolute Gasteiger partial charge is 0.389 e. The van der Waals surface area contributed by atoms with Gasteiger partial charge in [0.15, 0.2) is 12.3 Å². The molecule has 0 aromatic heterocycles. The molecular formula is C9H14F2O4. The van der Waals surface area contributed by atoms with Crippen molar-refractivity contribution in [2.24, 2.45) is 5.92 Å².